The van der Waals surface area contributed by atoms with Crippen LogP contribution in [-0.4, -0.2) is 30.5 Å². The van der Waals surface area contributed by atoms with Crippen molar-refractivity contribution in [3.63, 3.8) is 0 Å². The molecule has 0 bridgehead atoms. The quantitative estimate of drug-likeness (QED) is 0.802. The average molecular weight is 250 g/mol. The fraction of sp³-hybridized carbons (Fsp3) is 0.500. The molecule has 4 nitrogen and oxygen atoms in total. The van der Waals surface area contributed by atoms with Gasteiger partial charge in [0, 0.05) is 19.6 Å². The summed E-state index contributed by atoms with van der Waals surface area (Å²) in [4.78, 5) is 13.6. The number of ether oxygens (including phenoxy) is 1. The molecular weight excluding hydrogens is 228 g/mol. The van der Waals surface area contributed by atoms with Crippen molar-refractivity contribution in [1.82, 2.24) is 4.90 Å². The Morgan fingerprint density at radius 1 is 1.28 bits per heavy atom. The van der Waals surface area contributed by atoms with E-state index >= 15 is 0 Å². The van der Waals surface area contributed by atoms with Crippen molar-refractivity contribution in [3.05, 3.63) is 29.8 Å². The first-order valence-corrected chi connectivity index (χ1v) is 6.40. The van der Waals surface area contributed by atoms with Crippen molar-refractivity contribution in [2.75, 3.05) is 19.7 Å². The summed E-state index contributed by atoms with van der Waals surface area (Å²) in [6.07, 6.45) is 0.963. The van der Waals surface area contributed by atoms with Crippen molar-refractivity contribution < 1.29 is 9.53 Å². The number of amides is 1. The van der Waals surface area contributed by atoms with Gasteiger partial charge in [0.15, 0.2) is 6.61 Å². The zero-order valence-corrected chi connectivity index (χ0v) is 11.2. The van der Waals surface area contributed by atoms with Crippen LogP contribution in [0, 0.1) is 0 Å². The molecule has 4 heteroatoms. The molecule has 0 saturated carbocycles. The van der Waals surface area contributed by atoms with Crippen LogP contribution < -0.4 is 10.5 Å². The van der Waals surface area contributed by atoms with Crippen LogP contribution >= 0.6 is 0 Å². The summed E-state index contributed by atoms with van der Waals surface area (Å²) in [6, 6.07) is 7.49. The standard InChI is InChI=1S/C14H22N2O2/c1-3-9-16(4-2)14(17)11-18-13-7-5-12(10-15)6-8-13/h5-8H,3-4,9-11,15H2,1-2H3. The predicted octanol–water partition coefficient (Wildman–Crippen LogP) is 1.78. The lowest BCUT2D eigenvalue weighted by atomic mass is 10.2. The molecule has 0 heterocycles. The molecule has 0 aliphatic heterocycles. The Hall–Kier alpha value is -1.55. The van der Waals surface area contributed by atoms with Gasteiger partial charge in [0.05, 0.1) is 0 Å². The van der Waals surface area contributed by atoms with Gasteiger partial charge in [-0.2, -0.15) is 0 Å². The molecule has 2 N–H and O–H groups in total. The highest BCUT2D eigenvalue weighted by Crippen LogP contribution is 2.11. The number of nitrogens with zero attached hydrogens (tertiary/aromatic N) is 1. The van der Waals surface area contributed by atoms with E-state index in [1.807, 2.05) is 31.2 Å². The largest absolute Gasteiger partial charge is 0.484 e. The van der Waals surface area contributed by atoms with E-state index in [1.54, 1.807) is 4.90 Å². The van der Waals surface area contributed by atoms with Gasteiger partial charge < -0.3 is 15.4 Å². The molecule has 1 amide bonds. The molecule has 0 unspecified atom stereocenters. The lowest BCUT2D eigenvalue weighted by molar-refractivity contribution is -0.133. The first-order chi connectivity index (χ1) is 8.71. The Kier molecular flexibility index (Phi) is 6.22. The second-order valence-corrected chi connectivity index (χ2v) is 4.11. The molecule has 0 aliphatic carbocycles. The molecule has 0 radical (unpaired) electrons. The van der Waals surface area contributed by atoms with Crippen LogP contribution in [0.1, 0.15) is 25.8 Å². The van der Waals surface area contributed by atoms with Gasteiger partial charge in [-0.1, -0.05) is 19.1 Å². The first kappa shape index (κ1) is 14.5. The van der Waals surface area contributed by atoms with Crippen molar-refractivity contribution in [1.29, 1.82) is 0 Å². The summed E-state index contributed by atoms with van der Waals surface area (Å²) >= 11 is 0. The van der Waals surface area contributed by atoms with Gasteiger partial charge in [0.25, 0.3) is 5.91 Å². The lowest BCUT2D eigenvalue weighted by Gasteiger charge is -2.20. The second-order valence-electron chi connectivity index (χ2n) is 4.11. The molecule has 0 aromatic heterocycles. The number of hydrogen-bond acceptors (Lipinski definition) is 3. The average Bonchev–Trinajstić information content (AvgIpc) is 2.42. The number of carbonyl (C=O) groups excluding carboxylic acids is 1. The van der Waals surface area contributed by atoms with E-state index in [1.165, 1.54) is 0 Å². The molecule has 0 atom stereocenters. The zero-order chi connectivity index (χ0) is 13.4. The van der Waals surface area contributed by atoms with Crippen LogP contribution in [-0.2, 0) is 11.3 Å². The summed E-state index contributed by atoms with van der Waals surface area (Å²) in [6.45, 7) is 6.15. The van der Waals surface area contributed by atoms with Gasteiger partial charge >= 0.3 is 0 Å². The Morgan fingerprint density at radius 2 is 1.94 bits per heavy atom. The highest BCUT2D eigenvalue weighted by Gasteiger charge is 2.10. The van der Waals surface area contributed by atoms with Crippen LogP contribution in [0.3, 0.4) is 0 Å². The maximum atomic E-state index is 11.8. The van der Waals surface area contributed by atoms with Crippen molar-refractivity contribution >= 4 is 5.91 Å². The van der Waals surface area contributed by atoms with Crippen LogP contribution in [0.25, 0.3) is 0 Å². The Balaban J connectivity index is 2.45. The maximum absolute atomic E-state index is 11.8. The molecule has 18 heavy (non-hydrogen) atoms. The van der Waals surface area contributed by atoms with E-state index in [0.717, 1.165) is 25.1 Å². The molecule has 1 rings (SSSR count). The third kappa shape index (κ3) is 4.37. The highest BCUT2D eigenvalue weighted by atomic mass is 16.5. The fourth-order valence-corrected chi connectivity index (χ4v) is 1.69. The number of likely N-dealkylation sites (N-methyl/N-ethyl adjacent to an activating group) is 1. The topological polar surface area (TPSA) is 55.6 Å². The van der Waals surface area contributed by atoms with Gasteiger partial charge in [-0.15, -0.1) is 0 Å². The lowest BCUT2D eigenvalue weighted by Crippen LogP contribution is -2.35. The third-order valence-electron chi connectivity index (χ3n) is 2.75. The Morgan fingerprint density at radius 3 is 2.44 bits per heavy atom. The van der Waals surface area contributed by atoms with Gasteiger partial charge in [-0.05, 0) is 31.0 Å². The zero-order valence-electron chi connectivity index (χ0n) is 11.2. The van der Waals surface area contributed by atoms with Crippen molar-refractivity contribution in [3.8, 4) is 5.75 Å². The minimum Gasteiger partial charge on any atom is -0.484 e. The maximum Gasteiger partial charge on any atom is 0.260 e. The molecule has 0 saturated heterocycles. The van der Waals surface area contributed by atoms with E-state index < -0.39 is 0 Å². The van der Waals surface area contributed by atoms with E-state index in [2.05, 4.69) is 6.92 Å². The van der Waals surface area contributed by atoms with E-state index in [0.29, 0.717) is 12.3 Å². The first-order valence-electron chi connectivity index (χ1n) is 6.40. The van der Waals surface area contributed by atoms with Crippen molar-refractivity contribution in [2.45, 2.75) is 26.8 Å². The van der Waals surface area contributed by atoms with Crippen LogP contribution in [0.2, 0.25) is 0 Å². The highest BCUT2D eigenvalue weighted by molar-refractivity contribution is 5.77. The normalized spacial score (nSPS) is 10.2. The van der Waals surface area contributed by atoms with Crippen LogP contribution in [0.4, 0.5) is 0 Å². The molecule has 0 fully saturated rings. The number of benzene rings is 1. The minimum atomic E-state index is 0.0299. The second kappa shape index (κ2) is 7.71. The summed E-state index contributed by atoms with van der Waals surface area (Å²) in [5.74, 6) is 0.732. The van der Waals surface area contributed by atoms with Crippen molar-refractivity contribution in [2.24, 2.45) is 5.73 Å². The van der Waals surface area contributed by atoms with Gasteiger partial charge in [-0.3, -0.25) is 4.79 Å². The molecule has 1 aromatic rings. The van der Waals surface area contributed by atoms with E-state index in [4.69, 9.17) is 10.5 Å². The SMILES string of the molecule is CCCN(CC)C(=O)COc1ccc(CN)cc1. The molecule has 100 valence electrons. The monoisotopic (exact) mass is 250 g/mol. The third-order valence-corrected chi connectivity index (χ3v) is 2.75. The van der Waals surface area contributed by atoms with E-state index in [-0.39, 0.29) is 12.5 Å². The summed E-state index contributed by atoms with van der Waals surface area (Å²) < 4.78 is 5.46. The summed E-state index contributed by atoms with van der Waals surface area (Å²) in [7, 11) is 0. The molecule has 1 aromatic carbocycles. The predicted molar refractivity (Wildman–Crippen MR) is 72.4 cm³/mol. The van der Waals surface area contributed by atoms with Gasteiger partial charge in [-0.25, -0.2) is 0 Å². The fourth-order valence-electron chi connectivity index (χ4n) is 1.69. The number of carbonyl (C=O) groups is 1. The summed E-state index contributed by atoms with van der Waals surface area (Å²) in [5.41, 5.74) is 6.56. The molecular formula is C14H22N2O2. The number of rotatable bonds is 7. The Labute approximate surface area is 109 Å². The Bertz CT molecular complexity index is 363. The van der Waals surface area contributed by atoms with Crippen LogP contribution in [0.5, 0.6) is 5.75 Å². The summed E-state index contributed by atoms with van der Waals surface area (Å²) in [5, 5.41) is 0. The van der Waals surface area contributed by atoms with E-state index in [9.17, 15) is 4.79 Å². The smallest absolute Gasteiger partial charge is 0.260 e. The number of hydrogen-bond donors (Lipinski definition) is 1. The number of nitrogens with two attached hydrogens (primary N) is 1. The van der Waals surface area contributed by atoms with Gasteiger partial charge in [0.2, 0.25) is 0 Å². The van der Waals surface area contributed by atoms with Gasteiger partial charge in [0.1, 0.15) is 5.75 Å². The minimum absolute atomic E-state index is 0.0299. The molecule has 0 aliphatic rings. The molecule has 0 spiro atoms. The van der Waals surface area contributed by atoms with Crippen LogP contribution in [0.15, 0.2) is 24.3 Å².